The van der Waals surface area contributed by atoms with Crippen molar-refractivity contribution in [1.29, 1.82) is 0 Å². The van der Waals surface area contributed by atoms with Crippen LogP contribution in [-0.4, -0.2) is 11.1 Å². The molecule has 2 amide bonds. The minimum Gasteiger partial charge on any atom is -0.392 e. The number of hydrogen-bond donors (Lipinski definition) is 3. The molecule has 0 spiro atoms. The Hall–Kier alpha value is -2.33. The van der Waals surface area contributed by atoms with Crippen molar-refractivity contribution >= 4 is 6.03 Å². The summed E-state index contributed by atoms with van der Waals surface area (Å²) < 4.78 is 0. The van der Waals surface area contributed by atoms with Gasteiger partial charge in [0.25, 0.3) is 0 Å². The van der Waals surface area contributed by atoms with Crippen LogP contribution in [-0.2, 0) is 32.5 Å². The van der Waals surface area contributed by atoms with E-state index in [4.69, 9.17) is 0 Å². The van der Waals surface area contributed by atoms with E-state index in [1.807, 2.05) is 24.3 Å². The second-order valence-electron chi connectivity index (χ2n) is 5.92. The Labute approximate surface area is 136 Å². The van der Waals surface area contributed by atoms with Crippen LogP contribution in [0.1, 0.15) is 34.2 Å². The third-order valence-electron chi connectivity index (χ3n) is 4.34. The van der Waals surface area contributed by atoms with Gasteiger partial charge < -0.3 is 15.7 Å². The van der Waals surface area contributed by atoms with E-state index in [9.17, 15) is 9.90 Å². The number of fused-ring (bicyclic) bond motifs is 1. The van der Waals surface area contributed by atoms with Gasteiger partial charge in [0.15, 0.2) is 0 Å². The molecule has 3 rings (SSSR count). The Morgan fingerprint density at radius 3 is 2.52 bits per heavy atom. The van der Waals surface area contributed by atoms with Crippen molar-refractivity contribution < 1.29 is 9.90 Å². The van der Waals surface area contributed by atoms with Crippen LogP contribution in [0, 0.1) is 0 Å². The van der Waals surface area contributed by atoms with Gasteiger partial charge in [-0.2, -0.15) is 0 Å². The Morgan fingerprint density at radius 2 is 1.70 bits per heavy atom. The Kier molecular flexibility index (Phi) is 4.93. The van der Waals surface area contributed by atoms with E-state index in [0.29, 0.717) is 13.1 Å². The Morgan fingerprint density at radius 1 is 0.957 bits per heavy atom. The maximum Gasteiger partial charge on any atom is 0.315 e. The first kappa shape index (κ1) is 15.6. The fourth-order valence-corrected chi connectivity index (χ4v) is 3.04. The van der Waals surface area contributed by atoms with Crippen molar-refractivity contribution in [3.05, 3.63) is 70.3 Å². The van der Waals surface area contributed by atoms with Crippen molar-refractivity contribution in [2.75, 3.05) is 0 Å². The van der Waals surface area contributed by atoms with Gasteiger partial charge in [-0.05, 0) is 47.1 Å². The first-order chi connectivity index (χ1) is 11.3. The molecule has 120 valence electrons. The predicted octanol–water partition coefficient (Wildman–Crippen LogP) is 2.67. The molecule has 0 unspecified atom stereocenters. The van der Waals surface area contributed by atoms with Crippen molar-refractivity contribution in [1.82, 2.24) is 10.6 Å². The van der Waals surface area contributed by atoms with E-state index in [1.165, 1.54) is 24.0 Å². The number of nitrogens with one attached hydrogen (secondary N) is 2. The molecule has 3 N–H and O–H groups in total. The summed E-state index contributed by atoms with van der Waals surface area (Å²) in [6.45, 7) is 0.919. The van der Waals surface area contributed by atoms with Gasteiger partial charge in [-0.1, -0.05) is 42.5 Å². The summed E-state index contributed by atoms with van der Waals surface area (Å²) in [6.07, 6.45) is 3.55. The third kappa shape index (κ3) is 3.90. The van der Waals surface area contributed by atoms with Crippen LogP contribution in [0.4, 0.5) is 4.79 Å². The molecule has 0 saturated carbocycles. The van der Waals surface area contributed by atoms with Crippen LogP contribution < -0.4 is 10.6 Å². The lowest BCUT2D eigenvalue weighted by atomic mass is 10.1. The molecule has 0 bridgehead atoms. The normalized spacial score (nSPS) is 12.7. The zero-order valence-corrected chi connectivity index (χ0v) is 13.1. The molecule has 2 aromatic rings. The van der Waals surface area contributed by atoms with Crippen LogP contribution in [0.5, 0.6) is 0 Å². The second kappa shape index (κ2) is 7.29. The van der Waals surface area contributed by atoms with Gasteiger partial charge in [0.05, 0.1) is 6.61 Å². The minimum atomic E-state index is -0.196. The molecule has 1 aliphatic rings. The molecule has 0 heterocycles. The van der Waals surface area contributed by atoms with Crippen molar-refractivity contribution in [3.8, 4) is 0 Å². The van der Waals surface area contributed by atoms with Gasteiger partial charge in [-0.25, -0.2) is 4.79 Å². The van der Waals surface area contributed by atoms with Crippen molar-refractivity contribution in [2.24, 2.45) is 0 Å². The van der Waals surface area contributed by atoms with Gasteiger partial charge in [0.2, 0.25) is 0 Å². The number of hydrogen-bond acceptors (Lipinski definition) is 2. The average molecular weight is 310 g/mol. The van der Waals surface area contributed by atoms with Crippen LogP contribution in [0.2, 0.25) is 0 Å². The van der Waals surface area contributed by atoms with E-state index >= 15 is 0 Å². The standard InChI is InChI=1S/C19H22N2O2/c22-13-18-5-2-1-4-17(18)12-21-19(23)20-11-14-8-9-15-6-3-7-16(15)10-14/h1-2,4-5,8-10,22H,3,6-7,11-13H2,(H2,20,21,23). The van der Waals surface area contributed by atoms with Gasteiger partial charge >= 0.3 is 6.03 Å². The maximum absolute atomic E-state index is 11.9. The molecule has 0 aliphatic heterocycles. The Bertz CT molecular complexity index is 698. The first-order valence-electron chi connectivity index (χ1n) is 8.06. The molecule has 0 fully saturated rings. The molecular formula is C19H22N2O2. The number of aryl methyl sites for hydroxylation is 2. The Balaban J connectivity index is 1.50. The fraction of sp³-hybridized carbons (Fsp3) is 0.316. The summed E-state index contributed by atoms with van der Waals surface area (Å²) in [4.78, 5) is 11.9. The highest BCUT2D eigenvalue weighted by atomic mass is 16.3. The molecule has 0 atom stereocenters. The van der Waals surface area contributed by atoms with E-state index in [2.05, 4.69) is 28.8 Å². The molecule has 23 heavy (non-hydrogen) atoms. The number of rotatable bonds is 5. The van der Waals surface area contributed by atoms with Gasteiger partial charge in [0, 0.05) is 13.1 Å². The van der Waals surface area contributed by atoms with E-state index < -0.39 is 0 Å². The summed E-state index contributed by atoms with van der Waals surface area (Å²) in [6, 6.07) is 13.8. The predicted molar refractivity (Wildman–Crippen MR) is 89.9 cm³/mol. The second-order valence-corrected chi connectivity index (χ2v) is 5.92. The quantitative estimate of drug-likeness (QED) is 0.795. The third-order valence-corrected chi connectivity index (χ3v) is 4.34. The van der Waals surface area contributed by atoms with Crippen molar-refractivity contribution in [2.45, 2.75) is 39.0 Å². The van der Waals surface area contributed by atoms with Gasteiger partial charge in [0.1, 0.15) is 0 Å². The smallest absolute Gasteiger partial charge is 0.315 e. The largest absolute Gasteiger partial charge is 0.392 e. The molecular weight excluding hydrogens is 288 g/mol. The minimum absolute atomic E-state index is 0.0192. The average Bonchev–Trinajstić information content (AvgIpc) is 3.06. The zero-order valence-electron chi connectivity index (χ0n) is 13.1. The summed E-state index contributed by atoms with van der Waals surface area (Å²) >= 11 is 0. The summed E-state index contributed by atoms with van der Waals surface area (Å²) in [7, 11) is 0. The molecule has 0 radical (unpaired) electrons. The number of carbonyl (C=O) groups excluding carboxylic acids is 1. The van der Waals surface area contributed by atoms with E-state index in [1.54, 1.807) is 0 Å². The highest BCUT2D eigenvalue weighted by Gasteiger charge is 2.11. The van der Waals surface area contributed by atoms with Gasteiger partial charge in [-0.3, -0.25) is 0 Å². The molecule has 1 aliphatic carbocycles. The number of aliphatic hydroxyl groups is 1. The SMILES string of the molecule is O=C(NCc1ccc2c(c1)CCC2)NCc1ccccc1CO. The summed E-state index contributed by atoms with van der Waals surface area (Å²) in [5.74, 6) is 0. The monoisotopic (exact) mass is 310 g/mol. The van der Waals surface area contributed by atoms with Crippen LogP contribution in [0.3, 0.4) is 0 Å². The van der Waals surface area contributed by atoms with Crippen LogP contribution >= 0.6 is 0 Å². The number of benzene rings is 2. The zero-order chi connectivity index (χ0) is 16.1. The lowest BCUT2D eigenvalue weighted by Crippen LogP contribution is -2.34. The van der Waals surface area contributed by atoms with E-state index in [-0.39, 0.29) is 12.6 Å². The lowest BCUT2D eigenvalue weighted by Gasteiger charge is -2.11. The van der Waals surface area contributed by atoms with Gasteiger partial charge in [-0.15, -0.1) is 0 Å². The molecule has 2 aromatic carbocycles. The molecule has 4 nitrogen and oxygen atoms in total. The first-order valence-corrected chi connectivity index (χ1v) is 8.06. The van der Waals surface area contributed by atoms with E-state index in [0.717, 1.165) is 23.1 Å². The number of urea groups is 1. The summed E-state index contributed by atoms with van der Waals surface area (Å²) in [5.41, 5.74) is 5.77. The number of aliphatic hydroxyl groups excluding tert-OH is 1. The maximum atomic E-state index is 11.9. The fourth-order valence-electron chi connectivity index (χ4n) is 3.04. The topological polar surface area (TPSA) is 61.4 Å². The lowest BCUT2D eigenvalue weighted by molar-refractivity contribution is 0.239. The molecule has 0 aromatic heterocycles. The summed E-state index contributed by atoms with van der Waals surface area (Å²) in [5, 5.41) is 15.0. The molecule has 0 saturated heterocycles. The van der Waals surface area contributed by atoms with Crippen molar-refractivity contribution in [3.63, 3.8) is 0 Å². The van der Waals surface area contributed by atoms with Crippen LogP contribution in [0.25, 0.3) is 0 Å². The van der Waals surface area contributed by atoms with Crippen LogP contribution in [0.15, 0.2) is 42.5 Å². The number of carbonyl (C=O) groups is 1. The highest BCUT2D eigenvalue weighted by Crippen LogP contribution is 2.22. The number of amides is 2. The molecule has 4 heteroatoms. The highest BCUT2D eigenvalue weighted by molar-refractivity contribution is 5.73.